The lowest BCUT2D eigenvalue weighted by atomic mass is 9.97. The van der Waals surface area contributed by atoms with Gasteiger partial charge in [0.2, 0.25) is 5.79 Å². The normalized spacial score (nSPS) is 53.0. The first-order chi connectivity index (χ1) is 26.4. The lowest BCUT2D eigenvalue weighted by Crippen LogP contribution is -2.64. The molecule has 5 aliphatic heterocycles. The molecule has 0 aromatic carbocycles. The average molecular weight is 829 g/mol. The first-order valence-corrected chi connectivity index (χ1v) is 17.6. The second-order valence-electron chi connectivity index (χ2n) is 14.1. The summed E-state index contributed by atoms with van der Waals surface area (Å²) in [5, 5.41) is 174. The zero-order valence-electron chi connectivity index (χ0n) is 29.3. The molecule has 0 aromatic heterocycles. The van der Waals surface area contributed by atoms with Crippen molar-refractivity contribution in [1.82, 2.24) is 0 Å². The second-order valence-corrected chi connectivity index (χ2v) is 14.1. The summed E-state index contributed by atoms with van der Waals surface area (Å²) in [6.07, 6.45) is -41.3. The van der Waals surface area contributed by atoms with Crippen LogP contribution in [0.5, 0.6) is 0 Å². The Hall–Kier alpha value is -1.04. The molecule has 5 rings (SSSR count). The number of hydrogen-bond donors (Lipinski definition) is 17. The van der Waals surface area contributed by atoms with Crippen LogP contribution in [-0.4, -0.2) is 273 Å². The largest absolute Gasteiger partial charge is 0.394 e. The van der Waals surface area contributed by atoms with Crippen LogP contribution in [0.1, 0.15) is 0 Å². The average Bonchev–Trinajstić information content (AvgIpc) is 3.43. The molecule has 0 saturated carbocycles. The fourth-order valence-electron chi connectivity index (χ4n) is 6.78. The molecule has 0 spiro atoms. The zero-order chi connectivity index (χ0) is 41.4. The highest BCUT2D eigenvalue weighted by molar-refractivity contribution is 4.99. The van der Waals surface area contributed by atoms with E-state index in [1.165, 1.54) is 0 Å². The van der Waals surface area contributed by atoms with E-state index >= 15 is 0 Å². The minimum absolute atomic E-state index is 0.677. The van der Waals surface area contributed by atoms with E-state index in [9.17, 15) is 86.8 Å². The molecule has 0 radical (unpaired) electrons. The van der Waals surface area contributed by atoms with E-state index in [4.69, 9.17) is 42.6 Å². The maximum atomic E-state index is 10.6. The Bertz CT molecular complexity index is 1220. The number of aliphatic hydroxyl groups excluding tert-OH is 17. The van der Waals surface area contributed by atoms with Gasteiger partial charge in [-0.15, -0.1) is 0 Å². The van der Waals surface area contributed by atoms with Crippen molar-refractivity contribution >= 4 is 0 Å². The molecule has 5 heterocycles. The van der Waals surface area contributed by atoms with E-state index < -0.39 is 187 Å². The molecule has 26 heteroatoms. The molecule has 328 valence electrons. The number of ether oxygens (including phenoxy) is 9. The summed E-state index contributed by atoms with van der Waals surface area (Å²) in [5.74, 6) is -2.47. The third-order valence-corrected chi connectivity index (χ3v) is 10.4. The topological polar surface area (TPSA) is 427 Å². The molecular formula is C30H52O26. The van der Waals surface area contributed by atoms with Crippen molar-refractivity contribution in [3.63, 3.8) is 0 Å². The van der Waals surface area contributed by atoms with Gasteiger partial charge in [-0.3, -0.25) is 0 Å². The van der Waals surface area contributed by atoms with Gasteiger partial charge in [-0.05, 0) is 0 Å². The second kappa shape index (κ2) is 19.1. The van der Waals surface area contributed by atoms with Gasteiger partial charge in [-0.1, -0.05) is 0 Å². The third kappa shape index (κ3) is 9.16. The van der Waals surface area contributed by atoms with Crippen molar-refractivity contribution in [2.24, 2.45) is 0 Å². The van der Waals surface area contributed by atoms with Gasteiger partial charge in [0.05, 0.1) is 33.0 Å². The highest BCUT2D eigenvalue weighted by atomic mass is 16.8. The first-order valence-electron chi connectivity index (χ1n) is 17.6. The molecule has 24 atom stereocenters. The van der Waals surface area contributed by atoms with Crippen LogP contribution in [0, 0.1) is 0 Å². The van der Waals surface area contributed by atoms with Crippen LogP contribution < -0.4 is 0 Å². The molecule has 5 saturated heterocycles. The summed E-state index contributed by atoms with van der Waals surface area (Å²) in [6, 6.07) is 0. The third-order valence-electron chi connectivity index (χ3n) is 10.4. The van der Waals surface area contributed by atoms with Gasteiger partial charge in [-0.25, -0.2) is 0 Å². The Balaban J connectivity index is 1.18. The fraction of sp³-hybridized carbons (Fsp3) is 1.00. The SMILES string of the molecule is OC[C@H]1O[C@H](OC[C@H]2O[C@H](OC[C@H]3O[C@H](OC[C@H]4O[C@H](O[C@]5(CO)O[C@H](CO)[C@@H](O)[C@@H]5O)[C@H](O)[C@@H](O)[C@@H]4O)[C@H](O)[C@@H](O)[C@H]3O)[C@H](O)[C@@H](O)[C@H]2O)[C@H](O)[C@@H](O)[C@H]1O. The molecule has 26 nitrogen and oxygen atoms in total. The van der Waals surface area contributed by atoms with Gasteiger partial charge in [0.15, 0.2) is 25.2 Å². The molecule has 0 unspecified atom stereocenters. The zero-order valence-corrected chi connectivity index (χ0v) is 29.3. The Morgan fingerprint density at radius 2 is 0.679 bits per heavy atom. The quantitative estimate of drug-likeness (QED) is 0.0773. The standard InChI is InChI=1S/C30H52O26/c31-1-7-12(34)17(39)21(43)26(51-7)48-3-9-13(35)18(40)22(44)27(52-9)49-4-10-14(36)19(41)23(45)28(53-10)50-5-11-15(37)20(42)24(46)29(54-11)56-30(6-33)25(47)16(38)8(2-32)55-30/h7-29,31-47H,1-6H2/t7-,8-,9-,10-,11-,12+,13+,14+,15-,16-,17+,18+,19+,20+,21-,22-,23-,24-,25+,26+,27+,28+,29-,30+/m1/s1. The molecule has 0 amide bonds. The first kappa shape index (κ1) is 46.0. The molecular weight excluding hydrogens is 776 g/mol. The van der Waals surface area contributed by atoms with Crippen LogP contribution in [0.25, 0.3) is 0 Å². The van der Waals surface area contributed by atoms with E-state index in [2.05, 4.69) is 0 Å². The summed E-state index contributed by atoms with van der Waals surface area (Å²) in [6.45, 7) is -4.94. The van der Waals surface area contributed by atoms with Crippen molar-refractivity contribution in [3.05, 3.63) is 0 Å². The van der Waals surface area contributed by atoms with E-state index in [0.29, 0.717) is 0 Å². The minimum atomic E-state index is -2.47. The van der Waals surface area contributed by atoms with Gasteiger partial charge >= 0.3 is 0 Å². The maximum absolute atomic E-state index is 10.6. The van der Waals surface area contributed by atoms with Crippen molar-refractivity contribution in [3.8, 4) is 0 Å². The van der Waals surface area contributed by atoms with Gasteiger partial charge in [0.25, 0.3) is 0 Å². The monoisotopic (exact) mass is 828 g/mol. The van der Waals surface area contributed by atoms with Crippen molar-refractivity contribution < 1.29 is 129 Å². The molecule has 0 bridgehead atoms. The van der Waals surface area contributed by atoms with Crippen molar-refractivity contribution in [1.29, 1.82) is 0 Å². The molecule has 5 fully saturated rings. The molecule has 17 N–H and O–H groups in total. The predicted octanol–water partition coefficient (Wildman–Crippen LogP) is -11.9. The van der Waals surface area contributed by atoms with Crippen LogP contribution in [-0.2, 0) is 42.6 Å². The molecule has 5 aliphatic rings. The number of aliphatic hydroxyl groups is 17. The smallest absolute Gasteiger partial charge is 0.224 e. The van der Waals surface area contributed by atoms with Gasteiger partial charge < -0.3 is 129 Å². The van der Waals surface area contributed by atoms with Crippen LogP contribution in [0.3, 0.4) is 0 Å². The Kier molecular flexibility index (Phi) is 15.7. The Morgan fingerprint density at radius 3 is 1.02 bits per heavy atom. The highest BCUT2D eigenvalue weighted by Crippen LogP contribution is 2.36. The van der Waals surface area contributed by atoms with Gasteiger partial charge in [-0.2, -0.15) is 0 Å². The highest BCUT2D eigenvalue weighted by Gasteiger charge is 2.59. The van der Waals surface area contributed by atoms with Crippen LogP contribution in [0.15, 0.2) is 0 Å². The summed E-state index contributed by atoms with van der Waals surface area (Å²) >= 11 is 0. The van der Waals surface area contributed by atoms with Crippen LogP contribution in [0.4, 0.5) is 0 Å². The summed E-state index contributed by atoms with van der Waals surface area (Å²) in [7, 11) is 0. The lowest BCUT2D eigenvalue weighted by Gasteiger charge is -2.45. The van der Waals surface area contributed by atoms with E-state index in [1.54, 1.807) is 0 Å². The van der Waals surface area contributed by atoms with E-state index in [-0.39, 0.29) is 0 Å². The predicted molar refractivity (Wildman–Crippen MR) is 167 cm³/mol. The summed E-state index contributed by atoms with van der Waals surface area (Å²) in [4.78, 5) is 0. The van der Waals surface area contributed by atoms with Gasteiger partial charge in [0, 0.05) is 0 Å². The fourth-order valence-corrected chi connectivity index (χ4v) is 6.78. The van der Waals surface area contributed by atoms with E-state index in [1.807, 2.05) is 0 Å². The van der Waals surface area contributed by atoms with E-state index in [0.717, 1.165) is 0 Å². The maximum Gasteiger partial charge on any atom is 0.224 e. The Labute approximate surface area is 316 Å². The minimum Gasteiger partial charge on any atom is -0.394 e. The lowest BCUT2D eigenvalue weighted by molar-refractivity contribution is -0.388. The number of rotatable bonds is 14. The van der Waals surface area contributed by atoms with Crippen LogP contribution in [0.2, 0.25) is 0 Å². The van der Waals surface area contributed by atoms with Crippen molar-refractivity contribution in [2.75, 3.05) is 39.6 Å². The molecule has 0 aliphatic carbocycles. The molecule has 56 heavy (non-hydrogen) atoms. The van der Waals surface area contributed by atoms with Gasteiger partial charge in [0.1, 0.15) is 123 Å². The van der Waals surface area contributed by atoms with Crippen molar-refractivity contribution in [2.45, 2.75) is 147 Å². The number of hydrogen-bond acceptors (Lipinski definition) is 26. The Morgan fingerprint density at radius 1 is 0.357 bits per heavy atom. The summed E-state index contributed by atoms with van der Waals surface area (Å²) < 4.78 is 48.8. The summed E-state index contributed by atoms with van der Waals surface area (Å²) in [5.41, 5.74) is 0. The van der Waals surface area contributed by atoms with Crippen LogP contribution >= 0.6 is 0 Å². The molecule has 0 aromatic rings.